The van der Waals surface area contributed by atoms with Crippen LogP contribution in [0.1, 0.15) is 19.3 Å². The van der Waals surface area contributed by atoms with Gasteiger partial charge in [-0.2, -0.15) is 4.31 Å². The Morgan fingerprint density at radius 2 is 2.00 bits per heavy atom. The van der Waals surface area contributed by atoms with E-state index in [0.29, 0.717) is 13.1 Å². The molecule has 0 bridgehead atoms. The smallest absolute Gasteiger partial charge is 0.245 e. The Morgan fingerprint density at radius 3 is 2.81 bits per heavy atom. The number of fused-ring (bicyclic) bond motifs is 1. The average molecular weight is 313 g/mol. The van der Waals surface area contributed by atoms with Crippen molar-refractivity contribution in [2.24, 2.45) is 0 Å². The number of nitrogens with two attached hydrogens (primary N) is 1. The van der Waals surface area contributed by atoms with Gasteiger partial charge in [0.1, 0.15) is 10.7 Å². The number of piperidine rings is 1. The van der Waals surface area contributed by atoms with E-state index in [1.54, 1.807) is 0 Å². The van der Waals surface area contributed by atoms with E-state index in [9.17, 15) is 12.8 Å². The van der Waals surface area contributed by atoms with Crippen molar-refractivity contribution in [2.75, 3.05) is 31.9 Å². The molecule has 1 unspecified atom stereocenters. The lowest BCUT2D eigenvalue weighted by atomic mass is 10.0. The van der Waals surface area contributed by atoms with Crippen molar-refractivity contribution < 1.29 is 12.8 Å². The fraction of sp³-hybridized carbons (Fsp3) is 0.571. The Labute approximate surface area is 124 Å². The molecule has 0 amide bonds. The minimum Gasteiger partial charge on any atom is -0.398 e. The zero-order valence-electron chi connectivity index (χ0n) is 11.8. The molecule has 2 aliphatic rings. The number of hydrogen-bond donors (Lipinski definition) is 1. The van der Waals surface area contributed by atoms with Crippen LogP contribution in [-0.2, 0) is 10.0 Å². The standard InChI is InChI=1S/C14H20FN3O2S/c15-11-4-5-13(16)14(9-11)21(19,20)18-8-7-17-6-2-1-3-12(17)10-18/h4-5,9,12H,1-3,6-8,10,16H2. The molecule has 1 aromatic rings. The summed E-state index contributed by atoms with van der Waals surface area (Å²) in [5, 5.41) is 0. The van der Waals surface area contributed by atoms with E-state index in [0.717, 1.165) is 32.0 Å². The summed E-state index contributed by atoms with van der Waals surface area (Å²) in [6, 6.07) is 3.77. The first kappa shape index (κ1) is 14.7. The molecule has 0 saturated carbocycles. The summed E-state index contributed by atoms with van der Waals surface area (Å²) in [5.41, 5.74) is 5.83. The Balaban J connectivity index is 1.86. The maximum absolute atomic E-state index is 13.4. The van der Waals surface area contributed by atoms with Crippen molar-refractivity contribution in [3.8, 4) is 0 Å². The fourth-order valence-electron chi connectivity index (χ4n) is 3.22. The molecule has 7 heteroatoms. The summed E-state index contributed by atoms with van der Waals surface area (Å²) in [6.45, 7) is 2.69. The third-order valence-electron chi connectivity index (χ3n) is 4.39. The molecular weight excluding hydrogens is 293 g/mol. The molecule has 0 spiro atoms. The Hall–Kier alpha value is -1.18. The van der Waals surface area contributed by atoms with E-state index in [1.165, 1.54) is 22.9 Å². The zero-order chi connectivity index (χ0) is 15.0. The summed E-state index contributed by atoms with van der Waals surface area (Å²) >= 11 is 0. The lowest BCUT2D eigenvalue weighted by Crippen LogP contribution is -2.56. The molecule has 0 radical (unpaired) electrons. The second-order valence-corrected chi connectivity index (χ2v) is 7.64. The van der Waals surface area contributed by atoms with Crippen LogP contribution in [0.2, 0.25) is 0 Å². The Bertz CT molecular complexity index is 635. The molecular formula is C14H20FN3O2S. The van der Waals surface area contributed by atoms with Crippen molar-refractivity contribution in [3.05, 3.63) is 24.0 Å². The van der Waals surface area contributed by atoms with Crippen LogP contribution in [0.5, 0.6) is 0 Å². The Kier molecular flexibility index (Phi) is 3.90. The van der Waals surface area contributed by atoms with Crippen LogP contribution in [0.15, 0.2) is 23.1 Å². The molecule has 1 aromatic carbocycles. The topological polar surface area (TPSA) is 66.6 Å². The van der Waals surface area contributed by atoms with E-state index in [1.807, 2.05) is 0 Å². The van der Waals surface area contributed by atoms with Gasteiger partial charge in [-0.25, -0.2) is 12.8 Å². The minimum atomic E-state index is -3.72. The number of sulfonamides is 1. The largest absolute Gasteiger partial charge is 0.398 e. The fourth-order valence-corrected chi connectivity index (χ4v) is 4.81. The normalized spacial score (nSPS) is 24.7. The maximum Gasteiger partial charge on any atom is 0.245 e. The third-order valence-corrected chi connectivity index (χ3v) is 6.31. The quantitative estimate of drug-likeness (QED) is 0.835. The Morgan fingerprint density at radius 1 is 1.19 bits per heavy atom. The maximum atomic E-state index is 13.4. The highest BCUT2D eigenvalue weighted by atomic mass is 32.2. The molecule has 5 nitrogen and oxygen atoms in total. The van der Waals surface area contributed by atoms with Crippen molar-refractivity contribution >= 4 is 15.7 Å². The number of nitrogen functional groups attached to an aromatic ring is 1. The molecule has 3 rings (SSSR count). The molecule has 21 heavy (non-hydrogen) atoms. The minimum absolute atomic E-state index is 0.0995. The van der Waals surface area contributed by atoms with Crippen LogP contribution < -0.4 is 5.73 Å². The van der Waals surface area contributed by atoms with Gasteiger partial charge in [0, 0.05) is 25.7 Å². The van der Waals surface area contributed by atoms with E-state index in [-0.39, 0.29) is 16.6 Å². The number of nitrogens with zero attached hydrogens (tertiary/aromatic N) is 2. The summed E-state index contributed by atoms with van der Waals surface area (Å²) in [5.74, 6) is -0.584. The SMILES string of the molecule is Nc1ccc(F)cc1S(=O)(=O)N1CCN2CCCCC2C1. The van der Waals surface area contributed by atoms with Crippen LogP contribution >= 0.6 is 0 Å². The molecule has 1 atom stereocenters. The number of anilines is 1. The molecule has 0 aromatic heterocycles. The summed E-state index contributed by atoms with van der Waals surface area (Å²) < 4.78 is 40.2. The third kappa shape index (κ3) is 2.77. The van der Waals surface area contributed by atoms with Crippen LogP contribution in [0.4, 0.5) is 10.1 Å². The second kappa shape index (κ2) is 5.55. The van der Waals surface area contributed by atoms with Gasteiger partial charge in [-0.05, 0) is 37.6 Å². The van der Waals surface area contributed by atoms with Crippen molar-refractivity contribution in [3.63, 3.8) is 0 Å². The van der Waals surface area contributed by atoms with Gasteiger partial charge in [-0.3, -0.25) is 4.90 Å². The highest BCUT2D eigenvalue weighted by Gasteiger charge is 2.35. The van der Waals surface area contributed by atoms with Crippen LogP contribution in [0.25, 0.3) is 0 Å². The van der Waals surface area contributed by atoms with Crippen molar-refractivity contribution in [1.29, 1.82) is 0 Å². The number of rotatable bonds is 2. The highest BCUT2D eigenvalue weighted by molar-refractivity contribution is 7.89. The lowest BCUT2D eigenvalue weighted by Gasteiger charge is -2.43. The molecule has 2 fully saturated rings. The number of halogens is 1. The monoisotopic (exact) mass is 313 g/mol. The first-order valence-electron chi connectivity index (χ1n) is 7.28. The van der Waals surface area contributed by atoms with Gasteiger partial charge in [-0.1, -0.05) is 6.42 Å². The van der Waals surface area contributed by atoms with E-state index < -0.39 is 15.8 Å². The van der Waals surface area contributed by atoms with Gasteiger partial charge < -0.3 is 5.73 Å². The van der Waals surface area contributed by atoms with Crippen LogP contribution in [-0.4, -0.2) is 49.8 Å². The number of piperazine rings is 1. The predicted molar refractivity (Wildman–Crippen MR) is 78.8 cm³/mol. The molecule has 2 N–H and O–H groups in total. The van der Waals surface area contributed by atoms with Gasteiger partial charge in [0.25, 0.3) is 0 Å². The first-order chi connectivity index (χ1) is 9.98. The predicted octanol–water partition coefficient (Wildman–Crippen LogP) is 1.27. The summed E-state index contributed by atoms with van der Waals surface area (Å²) in [6.07, 6.45) is 3.34. The molecule has 116 valence electrons. The zero-order valence-corrected chi connectivity index (χ0v) is 12.7. The van der Waals surface area contributed by atoms with E-state index in [2.05, 4.69) is 4.90 Å². The van der Waals surface area contributed by atoms with Gasteiger partial charge in [0.05, 0.1) is 5.69 Å². The average Bonchev–Trinajstić information content (AvgIpc) is 2.49. The van der Waals surface area contributed by atoms with Crippen LogP contribution in [0.3, 0.4) is 0 Å². The summed E-state index contributed by atoms with van der Waals surface area (Å²) in [4.78, 5) is 2.23. The van der Waals surface area contributed by atoms with E-state index in [4.69, 9.17) is 5.73 Å². The number of hydrogen-bond acceptors (Lipinski definition) is 4. The highest BCUT2D eigenvalue weighted by Crippen LogP contribution is 2.28. The van der Waals surface area contributed by atoms with Gasteiger partial charge >= 0.3 is 0 Å². The summed E-state index contributed by atoms with van der Waals surface area (Å²) in [7, 11) is -3.72. The van der Waals surface area contributed by atoms with E-state index >= 15 is 0 Å². The molecule has 2 saturated heterocycles. The molecule has 2 heterocycles. The van der Waals surface area contributed by atoms with Gasteiger partial charge in [-0.15, -0.1) is 0 Å². The van der Waals surface area contributed by atoms with Gasteiger partial charge in [0.2, 0.25) is 10.0 Å². The first-order valence-corrected chi connectivity index (χ1v) is 8.72. The lowest BCUT2D eigenvalue weighted by molar-refractivity contribution is 0.0852. The second-order valence-electron chi connectivity index (χ2n) is 5.73. The molecule has 0 aliphatic carbocycles. The van der Waals surface area contributed by atoms with Crippen molar-refractivity contribution in [2.45, 2.75) is 30.2 Å². The van der Waals surface area contributed by atoms with Gasteiger partial charge in [0.15, 0.2) is 0 Å². The number of benzene rings is 1. The van der Waals surface area contributed by atoms with Crippen LogP contribution in [0, 0.1) is 5.82 Å². The van der Waals surface area contributed by atoms with Crippen molar-refractivity contribution in [1.82, 2.24) is 9.21 Å². The molecule has 2 aliphatic heterocycles.